The number of aromatic nitrogens is 1. The highest BCUT2D eigenvalue weighted by Crippen LogP contribution is 2.24. The number of benzene rings is 1. The van der Waals surface area contributed by atoms with Gasteiger partial charge in [0.15, 0.2) is 5.78 Å². The van der Waals surface area contributed by atoms with Crippen LogP contribution in [0, 0.1) is 6.92 Å². The Kier molecular flexibility index (Phi) is 3.81. The van der Waals surface area contributed by atoms with Gasteiger partial charge < -0.3 is 10.0 Å². The molecule has 1 aromatic heterocycles. The summed E-state index contributed by atoms with van der Waals surface area (Å²) >= 11 is 0. The number of aromatic carboxylic acids is 1. The van der Waals surface area contributed by atoms with Crippen molar-refractivity contribution in [2.45, 2.75) is 6.92 Å². The first-order chi connectivity index (χ1) is 9.41. The molecule has 5 heteroatoms. The van der Waals surface area contributed by atoms with Crippen LogP contribution in [-0.4, -0.2) is 47.4 Å². The third-order valence-corrected chi connectivity index (χ3v) is 3.03. The monoisotopic (exact) mass is 272 g/mol. The Bertz CT molecular complexity index is 693. The minimum absolute atomic E-state index is 0.0416. The Balaban J connectivity index is 2.75. The first-order valence-corrected chi connectivity index (χ1v) is 6.22. The molecule has 0 fully saturated rings. The Morgan fingerprint density at radius 2 is 1.85 bits per heavy atom. The van der Waals surface area contributed by atoms with E-state index in [-0.39, 0.29) is 23.5 Å². The molecule has 0 radical (unpaired) electrons. The van der Waals surface area contributed by atoms with E-state index in [0.29, 0.717) is 16.6 Å². The maximum atomic E-state index is 12.3. The van der Waals surface area contributed by atoms with E-state index in [1.165, 1.54) is 0 Å². The lowest BCUT2D eigenvalue weighted by molar-refractivity contribution is 0.0693. The number of likely N-dealkylation sites (N-methyl/N-ethyl adjacent to an activating group) is 1. The fraction of sp³-hybridized carbons (Fsp3) is 0.267. The van der Waals surface area contributed by atoms with Crippen molar-refractivity contribution < 1.29 is 14.7 Å². The summed E-state index contributed by atoms with van der Waals surface area (Å²) in [7, 11) is 3.53. The quantitative estimate of drug-likeness (QED) is 0.862. The number of para-hydroxylation sites is 1. The number of hydrogen-bond acceptors (Lipinski definition) is 4. The molecule has 1 N–H and O–H groups in total. The van der Waals surface area contributed by atoms with Gasteiger partial charge in [-0.3, -0.25) is 9.78 Å². The van der Waals surface area contributed by atoms with Crippen molar-refractivity contribution >= 4 is 22.7 Å². The summed E-state index contributed by atoms with van der Waals surface area (Å²) in [6, 6.07) is 6.96. The molecule has 0 unspecified atom stereocenters. The lowest BCUT2D eigenvalue weighted by Crippen LogP contribution is -2.24. The summed E-state index contributed by atoms with van der Waals surface area (Å²) in [5.41, 5.74) is 1.28. The number of carboxylic acid groups (broad SMARTS) is 1. The Morgan fingerprint density at radius 1 is 1.20 bits per heavy atom. The molecule has 0 aliphatic heterocycles. The molecule has 2 aromatic rings. The molecular weight excluding hydrogens is 256 g/mol. The van der Waals surface area contributed by atoms with Crippen LogP contribution in [0.15, 0.2) is 24.3 Å². The summed E-state index contributed by atoms with van der Waals surface area (Å²) in [5.74, 6) is -1.34. The predicted octanol–water partition coefficient (Wildman–Crippen LogP) is 1.99. The predicted molar refractivity (Wildman–Crippen MR) is 76.3 cm³/mol. The van der Waals surface area contributed by atoms with Gasteiger partial charge in [0.1, 0.15) is 0 Å². The van der Waals surface area contributed by atoms with E-state index in [9.17, 15) is 14.7 Å². The summed E-state index contributed by atoms with van der Waals surface area (Å²) < 4.78 is 0. The smallest absolute Gasteiger partial charge is 0.337 e. The van der Waals surface area contributed by atoms with Crippen LogP contribution in [0.3, 0.4) is 0 Å². The molecular formula is C15H16N2O3. The van der Waals surface area contributed by atoms with E-state index in [0.717, 1.165) is 0 Å². The minimum Gasteiger partial charge on any atom is -0.478 e. The molecule has 104 valence electrons. The number of aryl methyl sites for hydroxylation is 1. The van der Waals surface area contributed by atoms with Gasteiger partial charge in [-0.1, -0.05) is 18.2 Å². The molecule has 1 aromatic carbocycles. The summed E-state index contributed by atoms with van der Waals surface area (Å²) in [5, 5.41) is 9.97. The van der Waals surface area contributed by atoms with Crippen LogP contribution in [0.25, 0.3) is 10.9 Å². The standard InChI is InChI=1S/C15H16N2O3/c1-9-13(12(18)8-17(2)3)14(15(19)20)10-6-4-5-7-11(10)16-9/h4-7H,8H2,1-3H3,(H,19,20). The van der Waals surface area contributed by atoms with Crippen molar-refractivity contribution in [2.75, 3.05) is 20.6 Å². The van der Waals surface area contributed by atoms with Gasteiger partial charge >= 0.3 is 5.97 Å². The van der Waals surface area contributed by atoms with Gasteiger partial charge in [-0.15, -0.1) is 0 Å². The molecule has 0 aliphatic carbocycles. The number of fused-ring (bicyclic) bond motifs is 1. The van der Waals surface area contributed by atoms with Crippen molar-refractivity contribution in [1.29, 1.82) is 0 Å². The molecule has 0 spiro atoms. The number of ketones is 1. The number of carbonyl (C=O) groups excluding carboxylic acids is 1. The van der Waals surface area contributed by atoms with Gasteiger partial charge in [-0.25, -0.2) is 4.79 Å². The van der Waals surface area contributed by atoms with Crippen LogP contribution >= 0.6 is 0 Å². The van der Waals surface area contributed by atoms with Crippen LogP contribution < -0.4 is 0 Å². The third kappa shape index (κ3) is 2.53. The van der Waals surface area contributed by atoms with E-state index in [1.807, 2.05) is 0 Å². The van der Waals surface area contributed by atoms with Crippen molar-refractivity contribution in [1.82, 2.24) is 9.88 Å². The van der Waals surface area contributed by atoms with Gasteiger partial charge in [0.05, 0.1) is 23.2 Å². The highest BCUT2D eigenvalue weighted by atomic mass is 16.4. The number of rotatable bonds is 4. The average molecular weight is 272 g/mol. The first kappa shape index (κ1) is 14.1. The minimum atomic E-state index is -1.10. The largest absolute Gasteiger partial charge is 0.478 e. The molecule has 0 saturated carbocycles. The van der Waals surface area contributed by atoms with Gasteiger partial charge in [0, 0.05) is 11.1 Å². The highest BCUT2D eigenvalue weighted by molar-refractivity contribution is 6.14. The third-order valence-electron chi connectivity index (χ3n) is 3.03. The molecule has 0 amide bonds. The zero-order valence-corrected chi connectivity index (χ0v) is 11.7. The van der Waals surface area contributed by atoms with Gasteiger partial charge in [0.25, 0.3) is 0 Å². The Hall–Kier alpha value is -2.27. The van der Waals surface area contributed by atoms with E-state index >= 15 is 0 Å². The number of hydrogen-bond donors (Lipinski definition) is 1. The zero-order valence-electron chi connectivity index (χ0n) is 11.7. The van der Waals surface area contributed by atoms with Crippen molar-refractivity contribution in [3.05, 3.63) is 41.1 Å². The van der Waals surface area contributed by atoms with Crippen LogP contribution in [0.1, 0.15) is 26.4 Å². The van der Waals surface area contributed by atoms with Gasteiger partial charge in [-0.2, -0.15) is 0 Å². The number of carboxylic acids is 1. The highest BCUT2D eigenvalue weighted by Gasteiger charge is 2.23. The molecule has 0 saturated heterocycles. The number of Topliss-reactive ketones (excluding diaryl/α,β-unsaturated/α-hetero) is 1. The number of pyridine rings is 1. The second-order valence-corrected chi connectivity index (χ2v) is 4.93. The maximum absolute atomic E-state index is 12.3. The molecule has 0 aliphatic rings. The van der Waals surface area contributed by atoms with Crippen LogP contribution in [0.2, 0.25) is 0 Å². The Morgan fingerprint density at radius 3 is 2.45 bits per heavy atom. The summed E-state index contributed by atoms with van der Waals surface area (Å²) in [4.78, 5) is 29.9. The zero-order chi connectivity index (χ0) is 14.9. The molecule has 5 nitrogen and oxygen atoms in total. The molecule has 20 heavy (non-hydrogen) atoms. The van der Waals surface area contributed by atoms with Crippen molar-refractivity contribution in [3.8, 4) is 0 Å². The number of nitrogens with zero attached hydrogens (tertiary/aromatic N) is 2. The van der Waals surface area contributed by atoms with E-state index < -0.39 is 5.97 Å². The second-order valence-electron chi connectivity index (χ2n) is 4.93. The maximum Gasteiger partial charge on any atom is 0.337 e. The normalized spacial score (nSPS) is 11.0. The lowest BCUT2D eigenvalue weighted by Gasteiger charge is -2.14. The van der Waals surface area contributed by atoms with Crippen LogP contribution in [0.4, 0.5) is 0 Å². The fourth-order valence-corrected chi connectivity index (χ4v) is 2.26. The van der Waals surface area contributed by atoms with Gasteiger partial charge in [0.2, 0.25) is 0 Å². The average Bonchev–Trinajstić information content (AvgIpc) is 2.35. The Labute approximate surface area is 116 Å². The molecule has 0 atom stereocenters. The fourth-order valence-electron chi connectivity index (χ4n) is 2.26. The second kappa shape index (κ2) is 5.38. The van der Waals surface area contributed by atoms with E-state index in [1.54, 1.807) is 50.2 Å². The van der Waals surface area contributed by atoms with Gasteiger partial charge in [-0.05, 0) is 27.1 Å². The first-order valence-electron chi connectivity index (χ1n) is 6.22. The SMILES string of the molecule is Cc1nc2ccccc2c(C(=O)O)c1C(=O)CN(C)C. The summed E-state index contributed by atoms with van der Waals surface area (Å²) in [6.07, 6.45) is 0. The lowest BCUT2D eigenvalue weighted by atomic mass is 9.97. The van der Waals surface area contributed by atoms with E-state index in [2.05, 4.69) is 4.98 Å². The summed E-state index contributed by atoms with van der Waals surface area (Å²) in [6.45, 7) is 1.82. The number of carbonyl (C=O) groups is 2. The molecule has 2 rings (SSSR count). The van der Waals surface area contributed by atoms with Crippen molar-refractivity contribution in [3.63, 3.8) is 0 Å². The van der Waals surface area contributed by atoms with Crippen LogP contribution in [0.5, 0.6) is 0 Å². The van der Waals surface area contributed by atoms with Crippen LogP contribution in [-0.2, 0) is 0 Å². The van der Waals surface area contributed by atoms with E-state index in [4.69, 9.17) is 0 Å². The molecule has 0 bridgehead atoms. The molecule has 1 heterocycles. The van der Waals surface area contributed by atoms with Crippen molar-refractivity contribution in [2.24, 2.45) is 0 Å². The topological polar surface area (TPSA) is 70.5 Å².